The van der Waals surface area contributed by atoms with E-state index in [9.17, 15) is 9.59 Å². The van der Waals surface area contributed by atoms with Crippen LogP contribution in [-0.4, -0.2) is 93.8 Å². The molecule has 166 valence electrons. The number of rotatable bonds is 18. The maximum absolute atomic E-state index is 11.3. The predicted octanol–water partition coefficient (Wildman–Crippen LogP) is 2.21. The first-order valence-electron chi connectivity index (χ1n) is 9.27. The van der Waals surface area contributed by atoms with Gasteiger partial charge < -0.3 is 33.5 Å². The predicted molar refractivity (Wildman–Crippen MR) is 105 cm³/mol. The molecule has 1 N–H and O–H groups in total. The van der Waals surface area contributed by atoms with E-state index in [0.717, 1.165) is 12.2 Å². The summed E-state index contributed by atoms with van der Waals surface area (Å²) in [5.41, 5.74) is -0.567. The van der Waals surface area contributed by atoms with Gasteiger partial charge in [-0.1, -0.05) is 0 Å². The molecule has 0 aromatic heterocycles. The van der Waals surface area contributed by atoms with Gasteiger partial charge in [0.1, 0.15) is 12.2 Å². The Morgan fingerprint density at radius 1 is 0.786 bits per heavy atom. The first-order chi connectivity index (χ1) is 13.3. The summed E-state index contributed by atoms with van der Waals surface area (Å²) in [6.07, 6.45) is 0.120. The summed E-state index contributed by atoms with van der Waals surface area (Å²) in [4.78, 5) is 21.6. The minimum absolute atomic E-state index is 0.133. The lowest BCUT2D eigenvalue weighted by molar-refractivity contribution is -0.133. The Labute approximate surface area is 171 Å². The highest BCUT2D eigenvalue weighted by atomic mass is 32.2. The van der Waals surface area contributed by atoms with Gasteiger partial charge in [0.15, 0.2) is 0 Å². The largest absolute Gasteiger partial charge is 0.508 e. The van der Waals surface area contributed by atoms with Crippen LogP contribution in [-0.2, 0) is 33.2 Å². The number of carbonyl (C=O) groups excluding carboxylic acids is 1. The van der Waals surface area contributed by atoms with Crippen molar-refractivity contribution in [1.82, 2.24) is 0 Å². The van der Waals surface area contributed by atoms with Crippen molar-refractivity contribution in [1.29, 1.82) is 0 Å². The van der Waals surface area contributed by atoms with Crippen LogP contribution in [0.25, 0.3) is 0 Å². The first-order valence-corrected chi connectivity index (χ1v) is 10.4. The topological polar surface area (TPSA) is 110 Å². The zero-order valence-corrected chi connectivity index (χ0v) is 17.9. The molecule has 0 aliphatic carbocycles. The zero-order chi connectivity index (χ0) is 21.1. The molecule has 28 heavy (non-hydrogen) atoms. The lowest BCUT2D eigenvalue weighted by atomic mass is 10.2. The van der Waals surface area contributed by atoms with E-state index in [0.29, 0.717) is 46.2 Å². The van der Waals surface area contributed by atoms with Gasteiger partial charge in [0.2, 0.25) is 0 Å². The smallest absolute Gasteiger partial charge is 0.481 e. The molecule has 0 saturated heterocycles. The van der Waals surface area contributed by atoms with E-state index in [-0.39, 0.29) is 19.0 Å². The van der Waals surface area contributed by atoms with Gasteiger partial charge in [0, 0.05) is 6.61 Å². The van der Waals surface area contributed by atoms with E-state index in [1.807, 2.05) is 0 Å². The van der Waals surface area contributed by atoms with E-state index in [1.54, 1.807) is 20.8 Å². The van der Waals surface area contributed by atoms with E-state index >= 15 is 0 Å². The Balaban J connectivity index is 3.14. The van der Waals surface area contributed by atoms with Gasteiger partial charge in [-0.3, -0.25) is 4.79 Å². The number of carbonyl (C=O) groups is 2. The average molecular weight is 427 g/mol. The van der Waals surface area contributed by atoms with Crippen LogP contribution in [0.1, 0.15) is 27.2 Å². The molecule has 0 aliphatic heterocycles. The molecule has 0 amide bonds. The second kappa shape index (κ2) is 18.0. The van der Waals surface area contributed by atoms with Crippen molar-refractivity contribution in [3.8, 4) is 0 Å². The van der Waals surface area contributed by atoms with Crippen molar-refractivity contribution in [3.63, 3.8) is 0 Å². The van der Waals surface area contributed by atoms with E-state index in [4.69, 9.17) is 33.5 Å². The number of hydrogen-bond acceptors (Lipinski definition) is 9. The maximum atomic E-state index is 11.3. The summed E-state index contributed by atoms with van der Waals surface area (Å²) in [7, 11) is 0. The Kier molecular flexibility index (Phi) is 17.3. The normalized spacial score (nSPS) is 11.4. The monoisotopic (exact) mass is 426 g/mol. The molecule has 0 saturated carbocycles. The van der Waals surface area contributed by atoms with Gasteiger partial charge in [-0.05, 0) is 32.9 Å². The standard InChI is InChI=1S/C18H34O9S/c1-18(2,3)27-17(21)26-13-12-25-11-10-24-9-8-23-7-6-22-5-4-14-28-15-16(19)20/h4-15H2,1-3H3,(H,19,20). The number of carboxylic acids is 1. The van der Waals surface area contributed by atoms with Crippen LogP contribution in [0.4, 0.5) is 4.79 Å². The molecule has 0 fully saturated rings. The van der Waals surface area contributed by atoms with Crippen LogP contribution >= 0.6 is 11.8 Å². The third kappa shape index (κ3) is 23.0. The fourth-order valence-electron chi connectivity index (χ4n) is 1.65. The van der Waals surface area contributed by atoms with Gasteiger partial charge in [0.05, 0.1) is 52.0 Å². The zero-order valence-electron chi connectivity index (χ0n) is 17.1. The van der Waals surface area contributed by atoms with Crippen molar-refractivity contribution >= 4 is 23.9 Å². The van der Waals surface area contributed by atoms with Gasteiger partial charge in [-0.15, -0.1) is 0 Å². The minimum Gasteiger partial charge on any atom is -0.481 e. The number of hydrogen-bond donors (Lipinski definition) is 1. The Hall–Kier alpha value is -1.07. The lowest BCUT2D eigenvalue weighted by Crippen LogP contribution is -2.25. The van der Waals surface area contributed by atoms with Crippen LogP contribution in [0.3, 0.4) is 0 Å². The molecular weight excluding hydrogens is 392 g/mol. The Bertz CT molecular complexity index is 399. The highest BCUT2D eigenvalue weighted by Crippen LogP contribution is 2.07. The molecule has 9 nitrogen and oxygen atoms in total. The SMILES string of the molecule is CC(C)(C)OC(=O)OCCOCCOCCOCCOCCCSCC(=O)O. The van der Waals surface area contributed by atoms with E-state index in [2.05, 4.69) is 0 Å². The number of aliphatic carboxylic acids is 1. The number of ether oxygens (including phenoxy) is 6. The Morgan fingerprint density at radius 3 is 1.71 bits per heavy atom. The van der Waals surface area contributed by atoms with Gasteiger partial charge in [-0.2, -0.15) is 11.8 Å². The third-order valence-electron chi connectivity index (χ3n) is 2.76. The number of carboxylic acid groups (broad SMARTS) is 1. The fraction of sp³-hybridized carbons (Fsp3) is 0.889. The van der Waals surface area contributed by atoms with Gasteiger partial charge in [-0.25, -0.2) is 4.79 Å². The molecule has 0 unspecified atom stereocenters. The highest BCUT2D eigenvalue weighted by molar-refractivity contribution is 7.99. The number of thioether (sulfide) groups is 1. The summed E-state index contributed by atoms with van der Waals surface area (Å²) >= 11 is 1.38. The van der Waals surface area contributed by atoms with E-state index in [1.165, 1.54) is 11.8 Å². The molecular formula is C18H34O9S. The van der Waals surface area contributed by atoms with Crippen LogP contribution in [0.15, 0.2) is 0 Å². The molecule has 0 aromatic carbocycles. The highest BCUT2D eigenvalue weighted by Gasteiger charge is 2.16. The summed E-state index contributed by atoms with van der Waals surface area (Å²) in [6, 6.07) is 0. The molecule has 0 atom stereocenters. The van der Waals surface area contributed by atoms with Crippen molar-refractivity contribution < 1.29 is 43.1 Å². The molecule has 0 radical (unpaired) electrons. The lowest BCUT2D eigenvalue weighted by Gasteiger charge is -2.18. The van der Waals surface area contributed by atoms with Crippen LogP contribution in [0.2, 0.25) is 0 Å². The van der Waals surface area contributed by atoms with Crippen molar-refractivity contribution in [2.24, 2.45) is 0 Å². The molecule has 0 rings (SSSR count). The minimum atomic E-state index is -0.791. The van der Waals surface area contributed by atoms with Gasteiger partial charge >= 0.3 is 12.1 Å². The summed E-state index contributed by atoms with van der Waals surface area (Å²) in [5.74, 6) is 0.116. The molecule has 0 aromatic rings. The van der Waals surface area contributed by atoms with Gasteiger partial charge in [0.25, 0.3) is 0 Å². The Morgan fingerprint density at radius 2 is 1.25 bits per heavy atom. The molecule has 0 spiro atoms. The van der Waals surface area contributed by atoms with E-state index < -0.39 is 17.7 Å². The maximum Gasteiger partial charge on any atom is 0.508 e. The molecule has 0 heterocycles. The van der Waals surface area contributed by atoms with Crippen molar-refractivity contribution in [2.45, 2.75) is 32.8 Å². The molecule has 0 aliphatic rings. The second-order valence-corrected chi connectivity index (χ2v) is 7.67. The van der Waals surface area contributed by atoms with Crippen molar-refractivity contribution in [3.05, 3.63) is 0 Å². The third-order valence-corrected chi connectivity index (χ3v) is 3.78. The molecule has 10 heteroatoms. The van der Waals surface area contributed by atoms with Crippen LogP contribution in [0.5, 0.6) is 0 Å². The van der Waals surface area contributed by atoms with Crippen molar-refractivity contribution in [2.75, 3.05) is 71.0 Å². The quantitative estimate of drug-likeness (QED) is 0.259. The first kappa shape index (κ1) is 26.9. The van der Waals surface area contributed by atoms with Crippen LogP contribution in [0, 0.1) is 0 Å². The summed E-state index contributed by atoms with van der Waals surface area (Å²) in [5, 5.41) is 8.48. The summed E-state index contributed by atoms with van der Waals surface area (Å²) < 4.78 is 31.2. The summed E-state index contributed by atoms with van der Waals surface area (Å²) in [6.45, 7) is 9.09. The fourth-order valence-corrected chi connectivity index (χ4v) is 2.29. The average Bonchev–Trinajstić information content (AvgIpc) is 2.59. The van der Waals surface area contributed by atoms with Crippen LogP contribution < -0.4 is 0 Å². The molecule has 0 bridgehead atoms. The second-order valence-electron chi connectivity index (χ2n) is 6.56.